The first-order chi connectivity index (χ1) is 8.06. The number of rotatable bonds is 2. The molecule has 0 aromatic heterocycles. The second-order valence-electron chi connectivity index (χ2n) is 4.17. The van der Waals surface area contributed by atoms with Crippen LogP contribution in [-0.4, -0.2) is 24.7 Å². The Bertz CT molecular complexity index is 434. The average Bonchev–Trinajstić information content (AvgIpc) is 2.27. The molecule has 0 radical (unpaired) electrons. The van der Waals surface area contributed by atoms with E-state index in [1.165, 1.54) is 0 Å². The van der Waals surface area contributed by atoms with Crippen molar-refractivity contribution in [3.8, 4) is 11.5 Å². The van der Waals surface area contributed by atoms with Crippen LogP contribution in [-0.2, 0) is 4.79 Å². The number of ether oxygens (including phenoxy) is 2. The van der Waals surface area contributed by atoms with E-state index in [1.54, 1.807) is 6.07 Å². The van der Waals surface area contributed by atoms with Crippen molar-refractivity contribution in [2.24, 2.45) is 0 Å². The van der Waals surface area contributed by atoms with E-state index in [-0.39, 0.29) is 18.6 Å². The highest BCUT2D eigenvalue weighted by Gasteiger charge is 2.27. The molecule has 92 valence electrons. The van der Waals surface area contributed by atoms with Crippen molar-refractivity contribution in [2.75, 3.05) is 6.61 Å². The lowest BCUT2D eigenvalue weighted by Crippen LogP contribution is -2.46. The maximum absolute atomic E-state index is 11.8. The van der Waals surface area contributed by atoms with E-state index in [4.69, 9.17) is 9.47 Å². The van der Waals surface area contributed by atoms with Crippen LogP contribution in [0.2, 0.25) is 0 Å². The van der Waals surface area contributed by atoms with Gasteiger partial charge in [-0.1, -0.05) is 15.9 Å². The third-order valence-electron chi connectivity index (χ3n) is 2.29. The Hall–Kier alpha value is -1.23. The molecule has 17 heavy (non-hydrogen) atoms. The van der Waals surface area contributed by atoms with Gasteiger partial charge >= 0.3 is 0 Å². The van der Waals surface area contributed by atoms with E-state index in [0.717, 1.165) is 4.47 Å². The Morgan fingerprint density at radius 3 is 2.94 bits per heavy atom. The zero-order chi connectivity index (χ0) is 12.4. The average molecular weight is 300 g/mol. The number of hydrogen-bond donors (Lipinski definition) is 1. The molecule has 4 nitrogen and oxygen atoms in total. The zero-order valence-corrected chi connectivity index (χ0v) is 11.3. The quantitative estimate of drug-likeness (QED) is 0.910. The first-order valence-electron chi connectivity index (χ1n) is 5.45. The van der Waals surface area contributed by atoms with E-state index < -0.39 is 6.10 Å². The lowest BCUT2D eigenvalue weighted by atomic mass is 10.2. The van der Waals surface area contributed by atoms with Crippen molar-refractivity contribution in [3.63, 3.8) is 0 Å². The van der Waals surface area contributed by atoms with Crippen molar-refractivity contribution in [2.45, 2.75) is 26.0 Å². The molecule has 2 rings (SSSR count). The van der Waals surface area contributed by atoms with Crippen LogP contribution in [0.1, 0.15) is 13.8 Å². The number of carbonyl (C=O) groups is 1. The van der Waals surface area contributed by atoms with E-state index >= 15 is 0 Å². The fourth-order valence-corrected chi connectivity index (χ4v) is 1.89. The fraction of sp³-hybridized carbons (Fsp3) is 0.417. The molecule has 1 aromatic rings. The Morgan fingerprint density at radius 2 is 2.24 bits per heavy atom. The second kappa shape index (κ2) is 4.96. The molecule has 1 unspecified atom stereocenters. The summed E-state index contributed by atoms with van der Waals surface area (Å²) in [6.07, 6.45) is -0.584. The van der Waals surface area contributed by atoms with Gasteiger partial charge in [-0.2, -0.15) is 0 Å². The summed E-state index contributed by atoms with van der Waals surface area (Å²) in [5.74, 6) is 1.11. The smallest absolute Gasteiger partial charge is 0.264 e. The van der Waals surface area contributed by atoms with Crippen LogP contribution in [0.3, 0.4) is 0 Å². The van der Waals surface area contributed by atoms with Crippen molar-refractivity contribution >= 4 is 21.8 Å². The molecule has 1 N–H and O–H groups in total. The molecule has 5 heteroatoms. The number of nitrogens with one attached hydrogen (secondary N) is 1. The second-order valence-corrected chi connectivity index (χ2v) is 5.09. The van der Waals surface area contributed by atoms with Gasteiger partial charge in [-0.3, -0.25) is 4.79 Å². The van der Waals surface area contributed by atoms with Crippen LogP contribution in [0, 0.1) is 0 Å². The molecular weight excluding hydrogens is 286 g/mol. The number of halogens is 1. The lowest BCUT2D eigenvalue weighted by molar-refractivity contribution is -0.130. The number of benzene rings is 1. The Kier molecular flexibility index (Phi) is 3.57. The minimum absolute atomic E-state index is 0.0926. The van der Waals surface area contributed by atoms with Crippen LogP contribution in [0.4, 0.5) is 0 Å². The van der Waals surface area contributed by atoms with Gasteiger partial charge in [0.15, 0.2) is 11.5 Å². The summed E-state index contributed by atoms with van der Waals surface area (Å²) in [5.41, 5.74) is 0. The Balaban J connectivity index is 2.10. The first kappa shape index (κ1) is 12.2. The predicted molar refractivity (Wildman–Crippen MR) is 67.3 cm³/mol. The molecule has 0 aliphatic carbocycles. The van der Waals surface area contributed by atoms with Gasteiger partial charge in [0.2, 0.25) is 6.10 Å². The maximum atomic E-state index is 11.8. The summed E-state index contributed by atoms with van der Waals surface area (Å²) in [4.78, 5) is 11.8. The topological polar surface area (TPSA) is 47.6 Å². The lowest BCUT2D eigenvalue weighted by Gasteiger charge is -2.26. The third kappa shape index (κ3) is 2.91. The summed E-state index contributed by atoms with van der Waals surface area (Å²) in [6, 6.07) is 5.58. The molecule has 0 saturated carbocycles. The summed E-state index contributed by atoms with van der Waals surface area (Å²) in [5, 5.41) is 2.80. The van der Waals surface area contributed by atoms with Crippen molar-refractivity contribution in [1.29, 1.82) is 0 Å². The van der Waals surface area contributed by atoms with Gasteiger partial charge < -0.3 is 14.8 Å². The van der Waals surface area contributed by atoms with Gasteiger partial charge in [0, 0.05) is 10.5 Å². The van der Waals surface area contributed by atoms with Gasteiger partial charge in [-0.05, 0) is 32.0 Å². The highest BCUT2D eigenvalue weighted by Crippen LogP contribution is 2.34. The molecule has 0 fully saturated rings. The van der Waals surface area contributed by atoms with Crippen LogP contribution in [0.25, 0.3) is 0 Å². The van der Waals surface area contributed by atoms with Crippen molar-refractivity contribution in [3.05, 3.63) is 22.7 Å². The van der Waals surface area contributed by atoms with E-state index in [0.29, 0.717) is 11.5 Å². The molecule has 1 aliphatic heterocycles. The number of fused-ring (bicyclic) bond motifs is 1. The Labute approximate surface area is 108 Å². The molecule has 0 bridgehead atoms. The van der Waals surface area contributed by atoms with Gasteiger partial charge in [-0.25, -0.2) is 0 Å². The largest absolute Gasteiger partial charge is 0.485 e. The van der Waals surface area contributed by atoms with Gasteiger partial charge in [0.05, 0.1) is 0 Å². The molecule has 1 atom stereocenters. The number of amides is 1. The van der Waals surface area contributed by atoms with Crippen LogP contribution < -0.4 is 14.8 Å². The Morgan fingerprint density at radius 1 is 1.47 bits per heavy atom. The normalized spacial score (nSPS) is 18.0. The van der Waals surface area contributed by atoms with Crippen molar-refractivity contribution < 1.29 is 14.3 Å². The van der Waals surface area contributed by atoms with E-state index in [2.05, 4.69) is 21.2 Å². The monoisotopic (exact) mass is 299 g/mol. The molecule has 0 spiro atoms. The molecular formula is C12H14BrNO3. The maximum Gasteiger partial charge on any atom is 0.264 e. The number of carbonyl (C=O) groups excluding carboxylic acids is 1. The van der Waals surface area contributed by atoms with Gasteiger partial charge in [-0.15, -0.1) is 0 Å². The summed E-state index contributed by atoms with van der Waals surface area (Å²) in [6.45, 7) is 4.06. The van der Waals surface area contributed by atoms with Crippen LogP contribution >= 0.6 is 15.9 Å². The van der Waals surface area contributed by atoms with Gasteiger partial charge in [0.25, 0.3) is 5.91 Å². The highest BCUT2D eigenvalue weighted by molar-refractivity contribution is 9.10. The van der Waals surface area contributed by atoms with Gasteiger partial charge in [0.1, 0.15) is 6.61 Å². The minimum Gasteiger partial charge on any atom is -0.485 e. The minimum atomic E-state index is -0.584. The standard InChI is InChI=1S/C12H14BrNO3/c1-7(2)14-12(15)11-6-16-9-4-3-8(13)5-10(9)17-11/h3-5,7,11H,6H2,1-2H3,(H,14,15). The SMILES string of the molecule is CC(C)NC(=O)C1COc2ccc(Br)cc2O1. The van der Waals surface area contributed by atoms with Crippen LogP contribution in [0.15, 0.2) is 22.7 Å². The predicted octanol–water partition coefficient (Wildman–Crippen LogP) is 2.11. The summed E-state index contributed by atoms with van der Waals surface area (Å²) >= 11 is 3.35. The molecule has 1 aliphatic rings. The fourth-order valence-electron chi connectivity index (χ4n) is 1.55. The summed E-state index contributed by atoms with van der Waals surface area (Å²) in [7, 11) is 0. The highest BCUT2D eigenvalue weighted by atomic mass is 79.9. The molecule has 1 heterocycles. The molecule has 1 amide bonds. The van der Waals surface area contributed by atoms with E-state index in [9.17, 15) is 4.79 Å². The first-order valence-corrected chi connectivity index (χ1v) is 6.25. The summed E-state index contributed by atoms with van der Waals surface area (Å²) < 4.78 is 12.0. The van der Waals surface area contributed by atoms with Crippen molar-refractivity contribution in [1.82, 2.24) is 5.32 Å². The van der Waals surface area contributed by atoms with Crippen LogP contribution in [0.5, 0.6) is 11.5 Å². The molecule has 1 aromatic carbocycles. The molecule has 0 saturated heterocycles. The number of hydrogen-bond acceptors (Lipinski definition) is 3. The third-order valence-corrected chi connectivity index (χ3v) is 2.78. The van der Waals surface area contributed by atoms with E-state index in [1.807, 2.05) is 26.0 Å². The zero-order valence-electron chi connectivity index (χ0n) is 9.70.